The lowest BCUT2D eigenvalue weighted by atomic mass is 10.0. The largest absolute Gasteiger partial charge is 0.480 e. The van der Waals surface area contributed by atoms with Crippen LogP contribution in [0.4, 0.5) is 4.39 Å². The number of nitrogens with one attached hydrogen (secondary N) is 1. The van der Waals surface area contributed by atoms with Gasteiger partial charge in [0.25, 0.3) is 5.91 Å². The Morgan fingerprint density at radius 3 is 2.47 bits per heavy atom. The molecule has 0 saturated carbocycles. The van der Waals surface area contributed by atoms with E-state index >= 15 is 0 Å². The van der Waals surface area contributed by atoms with Crippen molar-refractivity contribution in [2.75, 3.05) is 0 Å². The molecule has 0 bridgehead atoms. The fraction of sp³-hybridized carbons (Fsp3) is 0.308. The van der Waals surface area contributed by atoms with Gasteiger partial charge in [-0.25, -0.2) is 9.18 Å². The standard InChI is InChI=1S/C13H13FN2O3/c1-8(7-15)6-11(13(18)19)16-12(17)9-2-4-10(14)5-3-9/h2-5,8,11H,6H2,1H3,(H,16,17)(H,18,19)/t8-,11+/m0/s1. The van der Waals surface area contributed by atoms with Crippen molar-refractivity contribution in [3.05, 3.63) is 35.6 Å². The predicted octanol–water partition coefficient (Wildman–Crippen LogP) is 1.56. The van der Waals surface area contributed by atoms with E-state index < -0.39 is 29.7 Å². The number of aliphatic carboxylic acids is 1. The summed E-state index contributed by atoms with van der Waals surface area (Å²) in [6.45, 7) is 1.57. The number of amides is 1. The van der Waals surface area contributed by atoms with Crippen LogP contribution in [-0.2, 0) is 4.79 Å². The van der Waals surface area contributed by atoms with Crippen LogP contribution in [0.2, 0.25) is 0 Å². The fourth-order valence-corrected chi connectivity index (χ4v) is 1.47. The van der Waals surface area contributed by atoms with E-state index in [1.165, 1.54) is 12.1 Å². The zero-order valence-corrected chi connectivity index (χ0v) is 10.3. The van der Waals surface area contributed by atoms with E-state index in [2.05, 4.69) is 5.32 Å². The summed E-state index contributed by atoms with van der Waals surface area (Å²) in [6, 6.07) is 5.51. The molecule has 100 valence electrons. The Balaban J connectivity index is 2.74. The third-order valence-electron chi connectivity index (χ3n) is 2.52. The fourth-order valence-electron chi connectivity index (χ4n) is 1.47. The van der Waals surface area contributed by atoms with Crippen LogP contribution in [0.1, 0.15) is 23.7 Å². The van der Waals surface area contributed by atoms with Crippen LogP contribution < -0.4 is 5.32 Å². The lowest BCUT2D eigenvalue weighted by Crippen LogP contribution is -2.41. The van der Waals surface area contributed by atoms with E-state index in [1.54, 1.807) is 6.92 Å². The van der Waals surface area contributed by atoms with Crippen molar-refractivity contribution >= 4 is 11.9 Å². The first-order valence-corrected chi connectivity index (χ1v) is 5.63. The van der Waals surface area contributed by atoms with Gasteiger partial charge in [0, 0.05) is 11.5 Å². The highest BCUT2D eigenvalue weighted by atomic mass is 19.1. The molecule has 2 atom stereocenters. The molecule has 0 fully saturated rings. The van der Waals surface area contributed by atoms with E-state index in [9.17, 15) is 14.0 Å². The lowest BCUT2D eigenvalue weighted by molar-refractivity contribution is -0.139. The number of hydrogen-bond acceptors (Lipinski definition) is 3. The number of carboxylic acid groups (broad SMARTS) is 1. The second-order valence-electron chi connectivity index (χ2n) is 4.14. The Hall–Kier alpha value is -2.42. The number of hydrogen-bond donors (Lipinski definition) is 2. The highest BCUT2D eigenvalue weighted by Gasteiger charge is 2.22. The molecule has 0 aromatic heterocycles. The highest BCUT2D eigenvalue weighted by Crippen LogP contribution is 2.07. The Morgan fingerprint density at radius 2 is 2.00 bits per heavy atom. The summed E-state index contributed by atoms with van der Waals surface area (Å²) < 4.78 is 12.7. The molecular weight excluding hydrogens is 251 g/mol. The number of carbonyl (C=O) groups is 2. The van der Waals surface area contributed by atoms with E-state index in [4.69, 9.17) is 10.4 Å². The van der Waals surface area contributed by atoms with Crippen molar-refractivity contribution in [3.63, 3.8) is 0 Å². The summed E-state index contributed by atoms with van der Waals surface area (Å²) in [7, 11) is 0. The van der Waals surface area contributed by atoms with Crippen molar-refractivity contribution in [3.8, 4) is 6.07 Å². The number of benzene rings is 1. The topological polar surface area (TPSA) is 90.2 Å². The molecule has 0 spiro atoms. The molecule has 1 rings (SSSR count). The summed E-state index contributed by atoms with van der Waals surface area (Å²) in [5.74, 6) is -2.80. The number of halogens is 1. The minimum absolute atomic E-state index is 0.0127. The van der Waals surface area contributed by atoms with Crippen molar-refractivity contribution in [1.29, 1.82) is 5.26 Å². The SMILES string of the molecule is C[C@H](C#N)C[C@@H](NC(=O)c1ccc(F)cc1)C(=O)O. The van der Waals surface area contributed by atoms with Gasteiger partial charge in [0.05, 0.1) is 6.07 Å². The van der Waals surface area contributed by atoms with Crippen LogP contribution in [0.3, 0.4) is 0 Å². The second kappa shape index (κ2) is 6.50. The molecule has 0 saturated heterocycles. The quantitative estimate of drug-likeness (QED) is 0.844. The Bertz CT molecular complexity index is 508. The normalized spacial score (nSPS) is 13.1. The van der Waals surface area contributed by atoms with E-state index in [-0.39, 0.29) is 12.0 Å². The second-order valence-corrected chi connectivity index (χ2v) is 4.14. The summed E-state index contributed by atoms with van der Waals surface area (Å²) in [5, 5.41) is 19.9. The van der Waals surface area contributed by atoms with Gasteiger partial charge in [-0.15, -0.1) is 0 Å². The summed E-state index contributed by atoms with van der Waals surface area (Å²) in [5.41, 5.74) is 0.164. The van der Waals surface area contributed by atoms with Gasteiger partial charge in [-0.2, -0.15) is 5.26 Å². The molecule has 1 aromatic carbocycles. The van der Waals surface area contributed by atoms with Gasteiger partial charge in [-0.05, 0) is 37.6 Å². The van der Waals surface area contributed by atoms with Gasteiger partial charge in [0.1, 0.15) is 11.9 Å². The maximum Gasteiger partial charge on any atom is 0.326 e. The predicted molar refractivity (Wildman–Crippen MR) is 64.7 cm³/mol. The molecule has 0 aliphatic rings. The van der Waals surface area contributed by atoms with E-state index in [1.807, 2.05) is 6.07 Å². The lowest BCUT2D eigenvalue weighted by Gasteiger charge is -2.15. The molecule has 1 amide bonds. The number of nitriles is 1. The van der Waals surface area contributed by atoms with Crippen LogP contribution in [-0.4, -0.2) is 23.0 Å². The molecule has 0 aliphatic carbocycles. The Labute approximate surface area is 109 Å². The Kier molecular flexibility index (Phi) is 5.01. The van der Waals surface area contributed by atoms with Crippen molar-refractivity contribution in [2.45, 2.75) is 19.4 Å². The van der Waals surface area contributed by atoms with Gasteiger partial charge in [0.15, 0.2) is 0 Å². The number of carboxylic acids is 1. The first-order chi connectivity index (χ1) is 8.93. The van der Waals surface area contributed by atoms with Crippen LogP contribution >= 0.6 is 0 Å². The molecule has 0 radical (unpaired) electrons. The van der Waals surface area contributed by atoms with E-state index in [0.717, 1.165) is 12.1 Å². The Morgan fingerprint density at radius 1 is 1.42 bits per heavy atom. The van der Waals surface area contributed by atoms with Gasteiger partial charge >= 0.3 is 5.97 Å². The highest BCUT2D eigenvalue weighted by molar-refractivity contribution is 5.96. The minimum Gasteiger partial charge on any atom is -0.480 e. The van der Waals surface area contributed by atoms with E-state index in [0.29, 0.717) is 0 Å². The molecule has 0 aliphatic heterocycles. The molecule has 5 nitrogen and oxygen atoms in total. The maximum atomic E-state index is 12.7. The molecule has 0 unspecified atom stereocenters. The summed E-state index contributed by atoms with van der Waals surface area (Å²) in [4.78, 5) is 22.7. The monoisotopic (exact) mass is 264 g/mol. The van der Waals surface area contributed by atoms with Crippen molar-refractivity contribution in [1.82, 2.24) is 5.32 Å². The zero-order chi connectivity index (χ0) is 14.4. The van der Waals surface area contributed by atoms with Gasteiger partial charge in [-0.1, -0.05) is 0 Å². The molecule has 2 N–H and O–H groups in total. The van der Waals surface area contributed by atoms with Gasteiger partial charge in [0.2, 0.25) is 0 Å². The minimum atomic E-state index is -1.21. The van der Waals surface area contributed by atoms with Crippen LogP contribution in [0.5, 0.6) is 0 Å². The maximum absolute atomic E-state index is 12.7. The first-order valence-electron chi connectivity index (χ1n) is 5.63. The van der Waals surface area contributed by atoms with Gasteiger partial charge < -0.3 is 10.4 Å². The molecule has 6 heteroatoms. The summed E-state index contributed by atoms with van der Waals surface area (Å²) in [6.07, 6.45) is 0.0127. The number of rotatable bonds is 5. The smallest absolute Gasteiger partial charge is 0.326 e. The summed E-state index contributed by atoms with van der Waals surface area (Å²) >= 11 is 0. The van der Waals surface area contributed by atoms with Gasteiger partial charge in [-0.3, -0.25) is 4.79 Å². The van der Waals surface area contributed by atoms with Crippen molar-refractivity contribution < 1.29 is 19.1 Å². The number of carbonyl (C=O) groups excluding carboxylic acids is 1. The van der Waals surface area contributed by atoms with Crippen LogP contribution in [0.15, 0.2) is 24.3 Å². The van der Waals surface area contributed by atoms with Crippen molar-refractivity contribution in [2.24, 2.45) is 5.92 Å². The van der Waals surface area contributed by atoms with Crippen LogP contribution in [0, 0.1) is 23.1 Å². The third-order valence-corrected chi connectivity index (χ3v) is 2.52. The third kappa shape index (κ3) is 4.39. The molecular formula is C13H13FN2O3. The number of nitrogens with zero attached hydrogens (tertiary/aromatic N) is 1. The average Bonchev–Trinajstić information content (AvgIpc) is 2.38. The molecule has 0 heterocycles. The average molecular weight is 264 g/mol. The van der Waals surface area contributed by atoms with Crippen LogP contribution in [0.25, 0.3) is 0 Å². The molecule has 1 aromatic rings. The zero-order valence-electron chi connectivity index (χ0n) is 10.3. The molecule has 19 heavy (non-hydrogen) atoms. The first kappa shape index (κ1) is 14.6.